The first kappa shape index (κ1) is 18.0. The third kappa shape index (κ3) is 4.44. The molecule has 0 N–H and O–H groups in total. The topological polar surface area (TPSA) is 73.1 Å². The number of amides is 1. The van der Waals surface area contributed by atoms with Crippen LogP contribution in [0.15, 0.2) is 42.7 Å². The zero-order chi connectivity index (χ0) is 18.4. The number of aromatic nitrogens is 2. The Bertz CT molecular complexity index is 786. The number of hydrogen-bond donors (Lipinski definition) is 0. The zero-order valence-corrected chi connectivity index (χ0v) is 15.0. The van der Waals surface area contributed by atoms with E-state index in [1.54, 1.807) is 12.1 Å². The summed E-state index contributed by atoms with van der Waals surface area (Å²) in [6, 6.07) is 11.6. The van der Waals surface area contributed by atoms with Crippen LogP contribution in [0.5, 0.6) is 0 Å². The maximum Gasteiger partial charge on any atom is 0.272 e. The molecule has 1 amide bonds. The van der Waals surface area contributed by atoms with Gasteiger partial charge in [0.1, 0.15) is 5.69 Å². The van der Waals surface area contributed by atoms with Crippen LogP contribution in [0.25, 0.3) is 0 Å². The van der Waals surface area contributed by atoms with E-state index in [9.17, 15) is 4.79 Å². The first-order chi connectivity index (χ1) is 12.7. The van der Waals surface area contributed by atoms with E-state index in [-0.39, 0.29) is 5.91 Å². The summed E-state index contributed by atoms with van der Waals surface area (Å²) < 4.78 is 0. The summed E-state index contributed by atoms with van der Waals surface area (Å²) in [6.07, 6.45) is 6.28. The minimum atomic E-state index is -0.0878. The molecule has 0 radical (unpaired) electrons. The van der Waals surface area contributed by atoms with Crippen LogP contribution in [0.4, 0.5) is 0 Å². The highest BCUT2D eigenvalue weighted by Crippen LogP contribution is 2.19. The molecule has 3 rings (SSSR count). The van der Waals surface area contributed by atoms with Gasteiger partial charge in [0, 0.05) is 38.1 Å². The van der Waals surface area contributed by atoms with Crippen molar-refractivity contribution in [3.05, 3.63) is 59.7 Å². The van der Waals surface area contributed by atoms with Crippen molar-refractivity contribution in [2.75, 3.05) is 20.1 Å². The number of nitrogens with zero attached hydrogens (tertiary/aromatic N) is 5. The van der Waals surface area contributed by atoms with Crippen molar-refractivity contribution in [2.24, 2.45) is 0 Å². The smallest absolute Gasteiger partial charge is 0.272 e. The molecule has 26 heavy (non-hydrogen) atoms. The monoisotopic (exact) mass is 349 g/mol. The zero-order valence-electron chi connectivity index (χ0n) is 15.0. The Balaban J connectivity index is 1.60. The summed E-state index contributed by atoms with van der Waals surface area (Å²) in [5.74, 6) is -0.0878. The second-order valence-corrected chi connectivity index (χ2v) is 6.65. The third-order valence-corrected chi connectivity index (χ3v) is 4.85. The van der Waals surface area contributed by atoms with Gasteiger partial charge in [0.05, 0.1) is 17.3 Å². The molecule has 1 aliphatic heterocycles. The Kier molecular flexibility index (Phi) is 5.92. The number of pyridine rings is 2. The van der Waals surface area contributed by atoms with Crippen LogP contribution in [0.1, 0.15) is 41.0 Å². The van der Waals surface area contributed by atoms with E-state index in [1.807, 2.05) is 29.3 Å². The van der Waals surface area contributed by atoms with Gasteiger partial charge >= 0.3 is 0 Å². The number of nitriles is 1. The summed E-state index contributed by atoms with van der Waals surface area (Å²) >= 11 is 0. The fourth-order valence-electron chi connectivity index (χ4n) is 3.38. The van der Waals surface area contributed by atoms with Crippen LogP contribution < -0.4 is 0 Å². The lowest BCUT2D eigenvalue weighted by Gasteiger charge is -2.27. The minimum absolute atomic E-state index is 0.0878. The van der Waals surface area contributed by atoms with Gasteiger partial charge in [-0.15, -0.1) is 0 Å². The molecule has 1 atom stereocenters. The van der Waals surface area contributed by atoms with E-state index >= 15 is 0 Å². The molecule has 0 aliphatic carbocycles. The molecule has 1 fully saturated rings. The molecule has 3 heterocycles. The van der Waals surface area contributed by atoms with Gasteiger partial charge in [-0.05, 0) is 50.6 Å². The van der Waals surface area contributed by atoms with Crippen LogP contribution in [0, 0.1) is 11.3 Å². The maximum absolute atomic E-state index is 12.7. The van der Waals surface area contributed by atoms with Crippen molar-refractivity contribution in [1.82, 2.24) is 19.8 Å². The highest BCUT2D eigenvalue weighted by Gasteiger charge is 2.24. The highest BCUT2D eigenvalue weighted by atomic mass is 16.2. The summed E-state index contributed by atoms with van der Waals surface area (Å²) in [5.41, 5.74) is 1.88. The van der Waals surface area contributed by atoms with E-state index in [2.05, 4.69) is 28.0 Å². The predicted octanol–water partition coefficient (Wildman–Crippen LogP) is 2.47. The van der Waals surface area contributed by atoms with Gasteiger partial charge in [-0.1, -0.05) is 6.07 Å². The molecule has 2 aromatic rings. The maximum atomic E-state index is 12.7. The molecule has 1 saturated heterocycles. The second kappa shape index (κ2) is 8.54. The van der Waals surface area contributed by atoms with Gasteiger partial charge < -0.3 is 4.90 Å². The number of carbonyl (C=O) groups is 1. The number of hydrogen-bond acceptors (Lipinski definition) is 5. The van der Waals surface area contributed by atoms with Crippen molar-refractivity contribution < 1.29 is 4.79 Å². The molecule has 1 aliphatic rings. The van der Waals surface area contributed by atoms with E-state index < -0.39 is 0 Å². The SMILES string of the molecule is CN(Cc1ccccn1)C1CCCN(C(=O)c2cc(C#N)ccn2)CC1. The quantitative estimate of drug-likeness (QED) is 0.848. The molecule has 0 bridgehead atoms. The first-order valence-electron chi connectivity index (χ1n) is 8.93. The van der Waals surface area contributed by atoms with Crippen LogP contribution in [0.2, 0.25) is 0 Å². The molecule has 6 heteroatoms. The normalized spacial score (nSPS) is 17.6. The van der Waals surface area contributed by atoms with E-state index in [0.717, 1.165) is 38.0 Å². The van der Waals surface area contributed by atoms with Crippen LogP contribution in [0.3, 0.4) is 0 Å². The molecular weight excluding hydrogens is 326 g/mol. The van der Waals surface area contributed by atoms with Crippen LogP contribution in [-0.4, -0.2) is 51.9 Å². The molecule has 0 spiro atoms. The Morgan fingerprint density at radius 2 is 2.15 bits per heavy atom. The van der Waals surface area contributed by atoms with E-state index in [0.29, 0.717) is 23.8 Å². The second-order valence-electron chi connectivity index (χ2n) is 6.65. The van der Waals surface area contributed by atoms with Gasteiger partial charge in [0.15, 0.2) is 0 Å². The van der Waals surface area contributed by atoms with Gasteiger partial charge in [0.25, 0.3) is 5.91 Å². The largest absolute Gasteiger partial charge is 0.337 e. The lowest BCUT2D eigenvalue weighted by molar-refractivity contribution is 0.0751. The average Bonchev–Trinajstić information content (AvgIpc) is 2.94. The molecule has 1 unspecified atom stereocenters. The van der Waals surface area contributed by atoms with Crippen molar-refractivity contribution >= 4 is 5.91 Å². The summed E-state index contributed by atoms with van der Waals surface area (Å²) in [5, 5.41) is 9.00. The van der Waals surface area contributed by atoms with Crippen molar-refractivity contribution in [2.45, 2.75) is 31.8 Å². The fourth-order valence-corrected chi connectivity index (χ4v) is 3.38. The Labute approximate surface area is 154 Å². The standard InChI is InChI=1S/C20H23N5O/c1-24(15-17-5-2-3-9-22-17)18-6-4-11-25(12-8-18)20(26)19-13-16(14-21)7-10-23-19/h2-3,5,7,9-10,13,18H,4,6,8,11-12,15H2,1H3. The van der Waals surface area contributed by atoms with Gasteiger partial charge in [-0.25, -0.2) is 0 Å². The summed E-state index contributed by atoms with van der Waals surface area (Å²) in [6.45, 7) is 2.24. The van der Waals surface area contributed by atoms with E-state index in [1.165, 1.54) is 6.20 Å². The van der Waals surface area contributed by atoms with Crippen molar-refractivity contribution in [3.8, 4) is 6.07 Å². The van der Waals surface area contributed by atoms with Crippen molar-refractivity contribution in [3.63, 3.8) is 0 Å². The Morgan fingerprint density at radius 3 is 2.92 bits per heavy atom. The lowest BCUT2D eigenvalue weighted by atomic mass is 10.1. The number of likely N-dealkylation sites (tertiary alicyclic amines) is 1. The fraction of sp³-hybridized carbons (Fsp3) is 0.400. The predicted molar refractivity (Wildman–Crippen MR) is 98.2 cm³/mol. The Morgan fingerprint density at radius 1 is 1.27 bits per heavy atom. The first-order valence-corrected chi connectivity index (χ1v) is 8.93. The molecule has 2 aromatic heterocycles. The third-order valence-electron chi connectivity index (χ3n) is 4.85. The Hall–Kier alpha value is -2.78. The average molecular weight is 349 g/mol. The number of carbonyl (C=O) groups excluding carboxylic acids is 1. The minimum Gasteiger partial charge on any atom is -0.337 e. The summed E-state index contributed by atoms with van der Waals surface area (Å²) in [7, 11) is 2.12. The number of rotatable bonds is 4. The van der Waals surface area contributed by atoms with E-state index in [4.69, 9.17) is 5.26 Å². The lowest BCUT2D eigenvalue weighted by Crippen LogP contribution is -2.35. The van der Waals surface area contributed by atoms with Gasteiger partial charge in [-0.2, -0.15) is 5.26 Å². The summed E-state index contributed by atoms with van der Waals surface area (Å²) in [4.78, 5) is 25.4. The molecule has 0 saturated carbocycles. The molecular formula is C20H23N5O. The highest BCUT2D eigenvalue weighted by molar-refractivity contribution is 5.92. The molecule has 134 valence electrons. The van der Waals surface area contributed by atoms with Crippen LogP contribution >= 0.6 is 0 Å². The molecule has 6 nitrogen and oxygen atoms in total. The van der Waals surface area contributed by atoms with Gasteiger partial charge in [0.2, 0.25) is 0 Å². The van der Waals surface area contributed by atoms with Crippen LogP contribution in [-0.2, 0) is 6.54 Å². The van der Waals surface area contributed by atoms with Crippen molar-refractivity contribution in [1.29, 1.82) is 5.26 Å². The molecule has 0 aromatic carbocycles. The van der Waals surface area contributed by atoms with Gasteiger partial charge in [-0.3, -0.25) is 19.7 Å².